The molecule has 2 aliphatic rings. The number of hydrogen-bond donors (Lipinski definition) is 1. The summed E-state index contributed by atoms with van der Waals surface area (Å²) in [7, 11) is 0. The van der Waals surface area contributed by atoms with Crippen molar-refractivity contribution in [3.63, 3.8) is 0 Å². The summed E-state index contributed by atoms with van der Waals surface area (Å²) in [6.07, 6.45) is 3.78. The van der Waals surface area contributed by atoms with Crippen LogP contribution in [0.4, 0.5) is 0 Å². The molecule has 0 saturated carbocycles. The molecule has 0 unspecified atom stereocenters. The van der Waals surface area contributed by atoms with Crippen LogP contribution in [0.5, 0.6) is 0 Å². The van der Waals surface area contributed by atoms with Crippen molar-refractivity contribution >= 4 is 5.78 Å². The Balaban J connectivity index is 1.30. The predicted molar refractivity (Wildman–Crippen MR) is 129 cm³/mol. The van der Waals surface area contributed by atoms with Crippen LogP contribution >= 0.6 is 0 Å². The first kappa shape index (κ1) is 23.8. The first-order chi connectivity index (χ1) is 17.0. The number of carbonyl (C=O) groups excluding carboxylic acids is 1. The lowest BCUT2D eigenvalue weighted by Crippen LogP contribution is -2.50. The smallest absolute Gasteiger partial charge is 0.261 e. The van der Waals surface area contributed by atoms with E-state index in [1.807, 2.05) is 18.3 Å². The summed E-state index contributed by atoms with van der Waals surface area (Å²) in [5, 5.41) is 17.9. The lowest BCUT2D eigenvalue weighted by Gasteiger charge is -2.38. The van der Waals surface area contributed by atoms with Crippen LogP contribution in [0.1, 0.15) is 43.9 Å². The highest BCUT2D eigenvalue weighted by Gasteiger charge is 2.31. The van der Waals surface area contributed by atoms with Gasteiger partial charge in [0.05, 0.1) is 17.5 Å². The molecule has 9 nitrogen and oxygen atoms in total. The first-order valence-corrected chi connectivity index (χ1v) is 12.4. The van der Waals surface area contributed by atoms with E-state index in [-0.39, 0.29) is 18.3 Å². The lowest BCUT2D eigenvalue weighted by molar-refractivity contribution is -0.131. The molecular weight excluding hydrogens is 446 g/mol. The van der Waals surface area contributed by atoms with E-state index < -0.39 is 0 Å². The van der Waals surface area contributed by atoms with E-state index in [0.717, 1.165) is 55.8 Å². The van der Waals surface area contributed by atoms with E-state index in [2.05, 4.69) is 45.8 Å². The Morgan fingerprint density at radius 2 is 1.91 bits per heavy atom. The van der Waals surface area contributed by atoms with Gasteiger partial charge in [-0.05, 0) is 24.3 Å². The average molecular weight is 480 g/mol. The van der Waals surface area contributed by atoms with Crippen molar-refractivity contribution in [3.8, 4) is 22.8 Å². The van der Waals surface area contributed by atoms with Gasteiger partial charge in [-0.1, -0.05) is 43.3 Å². The van der Waals surface area contributed by atoms with E-state index >= 15 is 0 Å². The lowest BCUT2D eigenvalue weighted by atomic mass is 9.93. The number of ketones is 1. The Morgan fingerprint density at radius 3 is 2.60 bits per heavy atom. The normalized spacial score (nSPS) is 17.7. The maximum atomic E-state index is 11.5. The molecule has 2 saturated heterocycles. The topological polar surface area (TPSA) is 107 Å². The molecule has 4 heterocycles. The number of aromatic nitrogens is 4. The van der Waals surface area contributed by atoms with E-state index in [0.29, 0.717) is 36.6 Å². The standard InChI is InChI=1S/C26H33N5O4/c1-17(2)12-31-24(19-7-9-34-10-8-19)22(11-27-31)26-28-25(29-35-26)20-5-3-18(4-6-20)13-30-14-21(15-30)23(33)16-32/h3-6,11,17,19,21,32H,7-10,12-16H2,1-2H3. The highest BCUT2D eigenvalue weighted by Crippen LogP contribution is 2.35. The number of nitrogens with zero attached hydrogens (tertiary/aromatic N) is 5. The first-order valence-electron chi connectivity index (χ1n) is 12.4. The summed E-state index contributed by atoms with van der Waals surface area (Å²) < 4.78 is 13.4. The molecule has 9 heteroatoms. The fourth-order valence-corrected chi connectivity index (χ4v) is 4.95. The van der Waals surface area contributed by atoms with Crippen LogP contribution in [0, 0.1) is 11.8 Å². The van der Waals surface area contributed by atoms with Crippen molar-refractivity contribution in [2.75, 3.05) is 32.9 Å². The molecule has 1 N–H and O–H groups in total. The summed E-state index contributed by atoms with van der Waals surface area (Å²) in [5.74, 6) is 1.80. The molecule has 186 valence electrons. The van der Waals surface area contributed by atoms with Crippen LogP contribution in [0.15, 0.2) is 35.0 Å². The molecule has 3 aromatic rings. The molecule has 0 bridgehead atoms. The third kappa shape index (κ3) is 5.22. The van der Waals surface area contributed by atoms with Gasteiger partial charge in [-0.15, -0.1) is 0 Å². The van der Waals surface area contributed by atoms with Gasteiger partial charge in [0.1, 0.15) is 6.61 Å². The maximum Gasteiger partial charge on any atom is 0.261 e. The quantitative estimate of drug-likeness (QED) is 0.499. The monoisotopic (exact) mass is 479 g/mol. The van der Waals surface area contributed by atoms with E-state index in [4.69, 9.17) is 19.4 Å². The number of aliphatic hydroxyl groups is 1. The molecule has 0 radical (unpaired) electrons. The van der Waals surface area contributed by atoms with Crippen molar-refractivity contribution in [1.29, 1.82) is 0 Å². The van der Waals surface area contributed by atoms with E-state index in [1.165, 1.54) is 5.69 Å². The second kappa shape index (κ2) is 10.4. The summed E-state index contributed by atoms with van der Waals surface area (Å²) in [4.78, 5) is 18.5. The van der Waals surface area contributed by atoms with Crippen LogP contribution in [-0.4, -0.2) is 68.6 Å². The van der Waals surface area contributed by atoms with Gasteiger partial charge in [-0.25, -0.2) is 0 Å². The number of carbonyl (C=O) groups is 1. The molecule has 1 aromatic carbocycles. The number of likely N-dealkylation sites (tertiary alicyclic amines) is 1. The van der Waals surface area contributed by atoms with Gasteiger partial charge < -0.3 is 14.4 Å². The minimum atomic E-state index is -0.366. The van der Waals surface area contributed by atoms with Crippen LogP contribution in [0.3, 0.4) is 0 Å². The second-order valence-corrected chi connectivity index (χ2v) is 10.0. The van der Waals surface area contributed by atoms with Crippen LogP contribution in [0.25, 0.3) is 22.8 Å². The molecule has 5 rings (SSSR count). The van der Waals surface area contributed by atoms with Gasteiger partial charge in [0.15, 0.2) is 5.78 Å². The fourth-order valence-electron chi connectivity index (χ4n) is 4.95. The number of Topliss-reactive ketones (excluding diaryl/α,β-unsaturated/α-hetero) is 1. The number of aliphatic hydroxyl groups excluding tert-OH is 1. The molecule has 0 amide bonds. The second-order valence-electron chi connectivity index (χ2n) is 10.0. The van der Waals surface area contributed by atoms with Gasteiger partial charge in [-0.2, -0.15) is 10.1 Å². The van der Waals surface area contributed by atoms with Crippen molar-refractivity contribution < 1.29 is 19.2 Å². The van der Waals surface area contributed by atoms with Crippen LogP contribution in [-0.2, 0) is 22.6 Å². The number of ether oxygens (including phenoxy) is 1. The largest absolute Gasteiger partial charge is 0.389 e. The minimum absolute atomic E-state index is 0.0343. The third-order valence-electron chi connectivity index (χ3n) is 6.87. The summed E-state index contributed by atoms with van der Waals surface area (Å²) >= 11 is 0. The number of hydrogen-bond acceptors (Lipinski definition) is 8. The average Bonchev–Trinajstić information content (AvgIpc) is 3.48. The fraction of sp³-hybridized carbons (Fsp3) is 0.538. The Kier molecular flexibility index (Phi) is 7.08. The number of rotatable bonds is 9. The molecule has 35 heavy (non-hydrogen) atoms. The maximum absolute atomic E-state index is 11.5. The van der Waals surface area contributed by atoms with Crippen molar-refractivity contribution in [1.82, 2.24) is 24.8 Å². The summed E-state index contributed by atoms with van der Waals surface area (Å²) in [6, 6.07) is 8.12. The Morgan fingerprint density at radius 1 is 1.17 bits per heavy atom. The zero-order chi connectivity index (χ0) is 24.4. The number of benzene rings is 1. The van der Waals surface area contributed by atoms with Crippen molar-refractivity contribution in [3.05, 3.63) is 41.7 Å². The van der Waals surface area contributed by atoms with Gasteiger partial charge in [-0.3, -0.25) is 14.4 Å². The van der Waals surface area contributed by atoms with Crippen molar-refractivity contribution in [2.45, 2.75) is 45.7 Å². The third-order valence-corrected chi connectivity index (χ3v) is 6.87. The SMILES string of the molecule is CC(C)Cn1ncc(-c2nc(-c3ccc(CN4CC(C(=O)CO)C4)cc3)no2)c1C1CCOCC1. The van der Waals surface area contributed by atoms with E-state index in [9.17, 15) is 4.79 Å². The van der Waals surface area contributed by atoms with Gasteiger partial charge in [0, 0.05) is 56.8 Å². The minimum Gasteiger partial charge on any atom is -0.389 e. The van der Waals surface area contributed by atoms with Crippen LogP contribution < -0.4 is 0 Å². The highest BCUT2D eigenvalue weighted by molar-refractivity contribution is 5.83. The zero-order valence-corrected chi connectivity index (χ0v) is 20.4. The molecule has 0 spiro atoms. The summed E-state index contributed by atoms with van der Waals surface area (Å²) in [6.45, 7) is 8.57. The molecular formula is C26H33N5O4. The molecule has 0 atom stereocenters. The Bertz CT molecular complexity index is 1140. The van der Waals surface area contributed by atoms with Crippen molar-refractivity contribution in [2.24, 2.45) is 11.8 Å². The Hall–Kier alpha value is -2.88. The molecule has 2 fully saturated rings. The van der Waals surface area contributed by atoms with E-state index in [1.54, 1.807) is 0 Å². The van der Waals surface area contributed by atoms with Gasteiger partial charge >= 0.3 is 0 Å². The summed E-state index contributed by atoms with van der Waals surface area (Å²) in [5.41, 5.74) is 4.13. The van der Waals surface area contributed by atoms with Gasteiger partial charge in [0.25, 0.3) is 5.89 Å². The molecule has 0 aliphatic carbocycles. The molecule has 2 aromatic heterocycles. The zero-order valence-electron chi connectivity index (χ0n) is 20.4. The predicted octanol–water partition coefficient (Wildman–Crippen LogP) is 3.14. The Labute approximate surface area is 205 Å². The highest BCUT2D eigenvalue weighted by atomic mass is 16.5. The van der Waals surface area contributed by atoms with Crippen LogP contribution in [0.2, 0.25) is 0 Å². The van der Waals surface area contributed by atoms with Gasteiger partial charge in [0.2, 0.25) is 5.82 Å². The molecule has 2 aliphatic heterocycles.